The third-order valence-corrected chi connectivity index (χ3v) is 7.79. The Kier molecular flexibility index (Phi) is 6.66. The molecule has 2 rings (SSSR count). The summed E-state index contributed by atoms with van der Waals surface area (Å²) in [6.45, 7) is 7.48. The van der Waals surface area contributed by atoms with E-state index in [1.54, 1.807) is 20.8 Å². The molecule has 0 aliphatic carbocycles. The monoisotopic (exact) mass is 435 g/mol. The van der Waals surface area contributed by atoms with E-state index in [-0.39, 0.29) is 18.7 Å². The number of aliphatic hydroxyl groups excluding tert-OH is 2. The van der Waals surface area contributed by atoms with Crippen molar-refractivity contribution in [3.05, 3.63) is 22.2 Å². The minimum atomic E-state index is -4.57. The van der Waals surface area contributed by atoms with Crippen LogP contribution in [0.1, 0.15) is 52.3 Å². The molecule has 0 amide bonds. The highest BCUT2D eigenvalue weighted by atomic mass is 31.2. The zero-order valence-electron chi connectivity index (χ0n) is 17.1. The third kappa shape index (κ3) is 4.27. The zero-order chi connectivity index (χ0) is 22.4. The molecule has 1 aliphatic rings. The number of nitrogen functional groups attached to an aromatic ring is 1. The lowest BCUT2D eigenvalue weighted by molar-refractivity contribution is -0.120. The predicted molar refractivity (Wildman–Crippen MR) is 104 cm³/mol. The first kappa shape index (κ1) is 23.9. The molecule has 2 unspecified atom stereocenters. The first-order valence-electron chi connectivity index (χ1n) is 9.33. The highest BCUT2D eigenvalue weighted by Gasteiger charge is 2.56. The van der Waals surface area contributed by atoms with Crippen molar-refractivity contribution in [3.8, 4) is 0 Å². The van der Waals surface area contributed by atoms with E-state index < -0.39 is 48.8 Å². The summed E-state index contributed by atoms with van der Waals surface area (Å²) in [5, 5.41) is 29.4. The maximum Gasteiger partial charge on any atom is 0.359 e. The molecule has 6 N–H and O–H groups in total. The van der Waals surface area contributed by atoms with Gasteiger partial charge in [0, 0.05) is 11.8 Å². The van der Waals surface area contributed by atoms with Gasteiger partial charge in [-0.1, -0.05) is 13.8 Å². The molecule has 0 radical (unpaired) electrons. The lowest BCUT2D eigenvalue weighted by atomic mass is 9.96. The van der Waals surface area contributed by atoms with Gasteiger partial charge < -0.3 is 30.7 Å². The van der Waals surface area contributed by atoms with Crippen molar-refractivity contribution >= 4 is 13.4 Å². The molecule has 0 bridgehead atoms. The van der Waals surface area contributed by atoms with E-state index >= 15 is 0 Å². The number of aliphatic hydroxyl groups is 3. The van der Waals surface area contributed by atoms with E-state index in [4.69, 9.17) is 15.0 Å². The second-order valence-corrected chi connectivity index (χ2v) is 9.89. The molecule has 11 nitrogen and oxygen atoms in total. The number of nitrogens with zero attached hydrogens (tertiary/aromatic N) is 2. The summed E-state index contributed by atoms with van der Waals surface area (Å²) in [6, 6.07) is 0. The Hall–Kier alpha value is -1.33. The maximum atomic E-state index is 12.8. The van der Waals surface area contributed by atoms with E-state index in [1.807, 2.05) is 0 Å². The molecule has 29 heavy (non-hydrogen) atoms. The Balaban J connectivity index is 2.35. The summed E-state index contributed by atoms with van der Waals surface area (Å²) in [7, 11) is -4.57. The molecular weight excluding hydrogens is 405 g/mol. The molecule has 1 fully saturated rings. The Bertz CT molecular complexity index is 854. The van der Waals surface area contributed by atoms with Crippen molar-refractivity contribution < 1.29 is 34.0 Å². The Morgan fingerprint density at radius 2 is 1.86 bits per heavy atom. The van der Waals surface area contributed by atoms with Crippen molar-refractivity contribution in [1.29, 1.82) is 0 Å². The van der Waals surface area contributed by atoms with Crippen molar-refractivity contribution in [2.75, 3.05) is 5.73 Å². The minimum absolute atomic E-state index is 0.0270. The van der Waals surface area contributed by atoms with Crippen LogP contribution in [-0.4, -0.2) is 59.0 Å². The fraction of sp³-hybridized carbons (Fsp3) is 0.765. The van der Waals surface area contributed by atoms with Crippen LogP contribution in [0.5, 0.6) is 0 Å². The van der Waals surface area contributed by atoms with Crippen molar-refractivity contribution in [3.63, 3.8) is 0 Å². The number of hydrogen-bond acceptors (Lipinski definition) is 9. The Labute approximate surface area is 168 Å². The van der Waals surface area contributed by atoms with E-state index in [0.717, 1.165) is 4.57 Å². The quantitative estimate of drug-likeness (QED) is 0.373. The van der Waals surface area contributed by atoms with Gasteiger partial charge in [0.25, 0.3) is 0 Å². The summed E-state index contributed by atoms with van der Waals surface area (Å²) >= 11 is 0. The molecule has 1 aromatic heterocycles. The molecule has 5 atom stereocenters. The molecule has 0 saturated carbocycles. The first-order valence-corrected chi connectivity index (χ1v) is 10.9. The van der Waals surface area contributed by atoms with Gasteiger partial charge in [0.2, 0.25) is 0 Å². The predicted octanol–water partition coefficient (Wildman–Crippen LogP) is 0.242. The van der Waals surface area contributed by atoms with Gasteiger partial charge in [0.05, 0.1) is 0 Å². The molecule has 1 aliphatic heterocycles. The maximum absolute atomic E-state index is 12.8. The van der Waals surface area contributed by atoms with Crippen LogP contribution in [0.15, 0.2) is 11.0 Å². The fourth-order valence-corrected chi connectivity index (χ4v) is 5.04. The van der Waals surface area contributed by atoms with Gasteiger partial charge in [0.15, 0.2) is 11.6 Å². The van der Waals surface area contributed by atoms with Gasteiger partial charge >= 0.3 is 13.3 Å². The molecule has 2 heterocycles. The normalized spacial score (nSPS) is 27.8. The summed E-state index contributed by atoms with van der Waals surface area (Å²) in [5.41, 5.74) is 3.68. The van der Waals surface area contributed by atoms with Gasteiger partial charge in [-0.25, -0.2) is 4.79 Å². The average Bonchev–Trinajstić information content (AvgIpc) is 2.92. The molecule has 0 spiro atoms. The van der Waals surface area contributed by atoms with Crippen LogP contribution in [0.4, 0.5) is 5.82 Å². The van der Waals surface area contributed by atoms with Crippen molar-refractivity contribution in [2.45, 2.75) is 82.9 Å². The largest absolute Gasteiger partial charge is 0.387 e. The van der Waals surface area contributed by atoms with E-state index in [1.165, 1.54) is 20.0 Å². The van der Waals surface area contributed by atoms with Crippen LogP contribution in [0, 0.1) is 6.92 Å². The van der Waals surface area contributed by atoms with Crippen LogP contribution in [0.2, 0.25) is 0 Å². The van der Waals surface area contributed by atoms with Gasteiger partial charge in [-0.2, -0.15) is 4.98 Å². The fourth-order valence-electron chi connectivity index (χ4n) is 3.33. The zero-order valence-corrected chi connectivity index (χ0v) is 18.0. The molecule has 1 aromatic rings. The van der Waals surface area contributed by atoms with Gasteiger partial charge in [-0.05, 0) is 33.6 Å². The van der Waals surface area contributed by atoms with Crippen molar-refractivity contribution in [1.82, 2.24) is 9.55 Å². The number of hydrogen-bond donors (Lipinski definition) is 5. The molecule has 12 heteroatoms. The summed E-state index contributed by atoms with van der Waals surface area (Å²) in [6.07, 6.45) is -4.41. The highest BCUT2D eigenvalue weighted by molar-refractivity contribution is 7.54. The third-order valence-electron chi connectivity index (χ3n) is 5.39. The molecular formula is C17H30N3O8P. The first-order chi connectivity index (χ1) is 13.2. The van der Waals surface area contributed by atoms with E-state index in [2.05, 4.69) is 4.98 Å². The number of nitrogens with two attached hydrogens (primary N) is 1. The second kappa shape index (κ2) is 8.07. The van der Waals surface area contributed by atoms with Crippen LogP contribution in [-0.2, 0) is 13.8 Å². The van der Waals surface area contributed by atoms with Gasteiger partial charge in [-0.3, -0.25) is 13.7 Å². The molecule has 166 valence electrons. The Morgan fingerprint density at radius 3 is 2.38 bits per heavy atom. The number of aromatic nitrogens is 2. The van der Waals surface area contributed by atoms with E-state index in [9.17, 15) is 29.6 Å². The molecule has 1 saturated heterocycles. The number of rotatable bonds is 7. The topological polar surface area (TPSA) is 177 Å². The lowest BCUT2D eigenvalue weighted by Crippen LogP contribution is -2.47. The summed E-state index contributed by atoms with van der Waals surface area (Å²) in [5.74, 6) is 0.0270. The Morgan fingerprint density at radius 1 is 1.31 bits per heavy atom. The summed E-state index contributed by atoms with van der Waals surface area (Å²) in [4.78, 5) is 26.2. The SMILES string of the molecule is CCC(O)(CC)P(=O)(O)OC(C)(C)[C@H]1OC(n2cc(C)c(N)nc2=O)[C@H](O)[C@@H]1O. The lowest BCUT2D eigenvalue weighted by Gasteiger charge is -2.39. The number of ether oxygens (including phenoxy) is 1. The van der Waals surface area contributed by atoms with Crippen LogP contribution in [0.25, 0.3) is 0 Å². The van der Waals surface area contributed by atoms with Crippen LogP contribution >= 0.6 is 7.60 Å². The minimum Gasteiger partial charge on any atom is -0.387 e. The molecule has 0 aromatic carbocycles. The smallest absolute Gasteiger partial charge is 0.359 e. The second-order valence-electron chi connectivity index (χ2n) is 7.83. The van der Waals surface area contributed by atoms with Crippen LogP contribution < -0.4 is 11.4 Å². The van der Waals surface area contributed by atoms with Crippen molar-refractivity contribution in [2.24, 2.45) is 0 Å². The number of anilines is 1. The average molecular weight is 435 g/mol. The standard InChI is InChI=1S/C17H30N3O8P/c1-6-17(24,7-2)29(25,26)28-16(4,5)12-10(21)11(22)14(27-12)20-8-9(3)13(18)19-15(20)23/h8,10-12,14,21-22,24H,6-7H2,1-5H3,(H,25,26)(H2,18,19,23)/t10-,11+,12-,14?/m0/s1. The van der Waals surface area contributed by atoms with E-state index in [0.29, 0.717) is 5.56 Å². The summed E-state index contributed by atoms with van der Waals surface area (Å²) < 4.78 is 24.8. The van der Waals surface area contributed by atoms with Crippen LogP contribution in [0.3, 0.4) is 0 Å². The number of aryl methyl sites for hydroxylation is 1. The van der Waals surface area contributed by atoms with Gasteiger partial charge in [0.1, 0.15) is 29.7 Å². The highest BCUT2D eigenvalue weighted by Crippen LogP contribution is 2.60. The van der Waals surface area contributed by atoms with Gasteiger partial charge in [-0.15, -0.1) is 0 Å².